The summed E-state index contributed by atoms with van der Waals surface area (Å²) in [4.78, 5) is 7.64. The SMILES string of the molecule is COc1ccc(-c2nc(C(C)(C)O)[nH]c2C)cc1C. The summed E-state index contributed by atoms with van der Waals surface area (Å²) >= 11 is 0. The summed E-state index contributed by atoms with van der Waals surface area (Å²) in [5.41, 5.74) is 2.92. The Kier molecular flexibility index (Phi) is 3.37. The van der Waals surface area contributed by atoms with Gasteiger partial charge in [-0.3, -0.25) is 0 Å². The highest BCUT2D eigenvalue weighted by Gasteiger charge is 2.22. The zero-order valence-electron chi connectivity index (χ0n) is 12.0. The third kappa shape index (κ3) is 2.63. The van der Waals surface area contributed by atoms with Gasteiger partial charge in [0.2, 0.25) is 0 Å². The number of aliphatic hydroxyl groups is 1. The number of aryl methyl sites for hydroxylation is 2. The molecule has 0 atom stereocenters. The Morgan fingerprint density at radius 1 is 1.26 bits per heavy atom. The van der Waals surface area contributed by atoms with Crippen molar-refractivity contribution in [3.63, 3.8) is 0 Å². The standard InChI is InChI=1S/C15H20N2O2/c1-9-8-11(6-7-12(9)19-5)13-10(2)16-14(17-13)15(3,4)18/h6-8,18H,1-5H3,(H,16,17). The van der Waals surface area contributed by atoms with Crippen LogP contribution in [0, 0.1) is 13.8 Å². The molecule has 0 saturated heterocycles. The highest BCUT2D eigenvalue weighted by molar-refractivity contribution is 5.64. The average molecular weight is 260 g/mol. The van der Waals surface area contributed by atoms with Gasteiger partial charge in [-0.2, -0.15) is 0 Å². The van der Waals surface area contributed by atoms with Crippen molar-refractivity contribution >= 4 is 0 Å². The Morgan fingerprint density at radius 3 is 2.42 bits per heavy atom. The van der Waals surface area contributed by atoms with E-state index in [1.807, 2.05) is 32.0 Å². The van der Waals surface area contributed by atoms with E-state index < -0.39 is 5.60 Å². The fourth-order valence-corrected chi connectivity index (χ4v) is 2.06. The number of benzene rings is 1. The number of rotatable bonds is 3. The molecule has 19 heavy (non-hydrogen) atoms. The third-order valence-corrected chi connectivity index (χ3v) is 3.13. The normalized spacial score (nSPS) is 11.7. The van der Waals surface area contributed by atoms with Gasteiger partial charge in [-0.05, 0) is 51.5 Å². The highest BCUT2D eigenvalue weighted by atomic mass is 16.5. The summed E-state index contributed by atoms with van der Waals surface area (Å²) in [5.74, 6) is 1.44. The number of aromatic amines is 1. The predicted octanol–water partition coefficient (Wildman–Crippen LogP) is 2.93. The molecule has 2 aromatic rings. The zero-order chi connectivity index (χ0) is 14.2. The highest BCUT2D eigenvalue weighted by Crippen LogP contribution is 2.29. The minimum atomic E-state index is -0.968. The molecule has 1 heterocycles. The van der Waals surface area contributed by atoms with Crippen LogP contribution in [0.25, 0.3) is 11.3 Å². The minimum absolute atomic E-state index is 0.577. The van der Waals surface area contributed by atoms with E-state index in [0.29, 0.717) is 5.82 Å². The number of H-pyrrole nitrogens is 1. The molecular weight excluding hydrogens is 240 g/mol. The lowest BCUT2D eigenvalue weighted by Crippen LogP contribution is -2.17. The number of methoxy groups -OCH3 is 1. The number of hydrogen-bond donors (Lipinski definition) is 2. The van der Waals surface area contributed by atoms with Gasteiger partial charge in [0.05, 0.1) is 12.8 Å². The molecule has 102 valence electrons. The minimum Gasteiger partial charge on any atom is -0.496 e. The van der Waals surface area contributed by atoms with Crippen LogP contribution in [0.4, 0.5) is 0 Å². The van der Waals surface area contributed by atoms with Crippen LogP contribution >= 0.6 is 0 Å². The predicted molar refractivity (Wildman–Crippen MR) is 75.3 cm³/mol. The van der Waals surface area contributed by atoms with Crippen LogP contribution in [0.3, 0.4) is 0 Å². The molecule has 0 fully saturated rings. The fraction of sp³-hybridized carbons (Fsp3) is 0.400. The smallest absolute Gasteiger partial charge is 0.138 e. The largest absolute Gasteiger partial charge is 0.496 e. The van der Waals surface area contributed by atoms with Gasteiger partial charge in [-0.15, -0.1) is 0 Å². The molecule has 1 aromatic carbocycles. The maximum absolute atomic E-state index is 10.00. The molecule has 0 bridgehead atoms. The number of imidazole rings is 1. The monoisotopic (exact) mass is 260 g/mol. The number of nitrogens with one attached hydrogen (secondary N) is 1. The van der Waals surface area contributed by atoms with Gasteiger partial charge in [0.1, 0.15) is 17.2 Å². The fourth-order valence-electron chi connectivity index (χ4n) is 2.06. The van der Waals surface area contributed by atoms with Crippen LogP contribution in [0.5, 0.6) is 5.75 Å². The molecule has 0 radical (unpaired) electrons. The molecule has 0 unspecified atom stereocenters. The van der Waals surface area contributed by atoms with E-state index in [1.54, 1.807) is 21.0 Å². The van der Waals surface area contributed by atoms with E-state index in [4.69, 9.17) is 4.74 Å². The summed E-state index contributed by atoms with van der Waals surface area (Å²) in [7, 11) is 1.66. The summed E-state index contributed by atoms with van der Waals surface area (Å²) < 4.78 is 5.26. The summed E-state index contributed by atoms with van der Waals surface area (Å²) in [5, 5.41) is 10.00. The number of hydrogen-bond acceptors (Lipinski definition) is 3. The molecule has 1 aromatic heterocycles. The zero-order valence-corrected chi connectivity index (χ0v) is 12.0. The van der Waals surface area contributed by atoms with Gasteiger partial charge >= 0.3 is 0 Å². The lowest BCUT2D eigenvalue weighted by Gasteiger charge is -2.12. The number of aromatic nitrogens is 2. The first-order valence-corrected chi connectivity index (χ1v) is 6.27. The van der Waals surface area contributed by atoms with Crippen molar-refractivity contribution in [1.82, 2.24) is 9.97 Å². The van der Waals surface area contributed by atoms with Gasteiger partial charge in [-0.25, -0.2) is 4.98 Å². The first-order chi connectivity index (χ1) is 8.82. The summed E-state index contributed by atoms with van der Waals surface area (Å²) in [6.07, 6.45) is 0. The van der Waals surface area contributed by atoms with Gasteiger partial charge in [-0.1, -0.05) is 0 Å². The first-order valence-electron chi connectivity index (χ1n) is 6.27. The lowest BCUT2D eigenvalue weighted by atomic mass is 10.1. The van der Waals surface area contributed by atoms with E-state index in [1.165, 1.54) is 0 Å². The molecule has 4 nitrogen and oxygen atoms in total. The van der Waals surface area contributed by atoms with E-state index in [0.717, 1.165) is 28.3 Å². The number of nitrogens with zero attached hydrogens (tertiary/aromatic N) is 1. The van der Waals surface area contributed by atoms with Crippen molar-refractivity contribution in [3.05, 3.63) is 35.3 Å². The molecule has 0 amide bonds. The average Bonchev–Trinajstić information content (AvgIpc) is 2.71. The van der Waals surface area contributed by atoms with Gasteiger partial charge in [0, 0.05) is 11.3 Å². The Labute approximate surface area is 113 Å². The molecule has 0 aliphatic carbocycles. The van der Waals surface area contributed by atoms with Crippen LogP contribution in [0.2, 0.25) is 0 Å². The van der Waals surface area contributed by atoms with Crippen molar-refractivity contribution in [2.75, 3.05) is 7.11 Å². The third-order valence-electron chi connectivity index (χ3n) is 3.13. The quantitative estimate of drug-likeness (QED) is 0.892. The molecular formula is C15H20N2O2. The molecule has 2 rings (SSSR count). The van der Waals surface area contributed by atoms with E-state index in [9.17, 15) is 5.11 Å². The number of ether oxygens (including phenoxy) is 1. The second kappa shape index (κ2) is 4.70. The van der Waals surface area contributed by atoms with E-state index in [2.05, 4.69) is 9.97 Å². The molecule has 2 N–H and O–H groups in total. The van der Waals surface area contributed by atoms with Crippen molar-refractivity contribution in [2.45, 2.75) is 33.3 Å². The molecule has 0 aliphatic rings. The Balaban J connectivity index is 2.48. The molecule has 4 heteroatoms. The molecule has 0 aliphatic heterocycles. The second-order valence-corrected chi connectivity index (χ2v) is 5.30. The van der Waals surface area contributed by atoms with Crippen molar-refractivity contribution in [3.8, 4) is 17.0 Å². The van der Waals surface area contributed by atoms with E-state index in [-0.39, 0.29) is 0 Å². The van der Waals surface area contributed by atoms with Crippen LogP contribution < -0.4 is 4.74 Å². The maximum atomic E-state index is 10.00. The van der Waals surface area contributed by atoms with Crippen molar-refractivity contribution < 1.29 is 9.84 Å². The Bertz CT molecular complexity index is 595. The lowest BCUT2D eigenvalue weighted by molar-refractivity contribution is 0.0696. The first kappa shape index (κ1) is 13.6. The van der Waals surface area contributed by atoms with Crippen LogP contribution in [-0.2, 0) is 5.60 Å². The van der Waals surface area contributed by atoms with Crippen LogP contribution in [0.1, 0.15) is 30.9 Å². The topological polar surface area (TPSA) is 58.1 Å². The molecule has 0 spiro atoms. The van der Waals surface area contributed by atoms with Crippen molar-refractivity contribution in [1.29, 1.82) is 0 Å². The summed E-state index contributed by atoms with van der Waals surface area (Å²) in [6.45, 7) is 7.39. The van der Waals surface area contributed by atoms with Gasteiger partial charge in [0.25, 0.3) is 0 Å². The van der Waals surface area contributed by atoms with Crippen LogP contribution in [0.15, 0.2) is 18.2 Å². The van der Waals surface area contributed by atoms with Gasteiger partial charge in [0.15, 0.2) is 0 Å². The second-order valence-electron chi connectivity index (χ2n) is 5.30. The maximum Gasteiger partial charge on any atom is 0.138 e. The molecule has 0 saturated carbocycles. The van der Waals surface area contributed by atoms with E-state index >= 15 is 0 Å². The summed E-state index contributed by atoms with van der Waals surface area (Å²) in [6, 6.07) is 5.95. The van der Waals surface area contributed by atoms with Crippen LogP contribution in [-0.4, -0.2) is 22.2 Å². The van der Waals surface area contributed by atoms with Gasteiger partial charge < -0.3 is 14.8 Å². The Morgan fingerprint density at radius 2 is 1.95 bits per heavy atom. The Hall–Kier alpha value is -1.81. The van der Waals surface area contributed by atoms with Crippen molar-refractivity contribution in [2.24, 2.45) is 0 Å².